The number of hydrogen-bond donors (Lipinski definition) is 1. The van der Waals surface area contributed by atoms with Crippen molar-refractivity contribution in [2.75, 3.05) is 0 Å². The summed E-state index contributed by atoms with van der Waals surface area (Å²) in [7, 11) is -1.49. The number of pyridine rings is 1. The number of aromatic nitrogens is 2. The molecule has 0 amide bonds. The lowest BCUT2D eigenvalue weighted by atomic mass is 9.83. The van der Waals surface area contributed by atoms with E-state index in [0.717, 1.165) is 33.6 Å². The first-order valence-corrected chi connectivity index (χ1v) is 12.0. The molecule has 168 valence electrons. The highest BCUT2D eigenvalue weighted by Gasteiger charge is 2.31. The Balaban J connectivity index is 1.83. The van der Waals surface area contributed by atoms with Gasteiger partial charge in [0, 0.05) is 28.4 Å². The predicted octanol–water partition coefficient (Wildman–Crippen LogP) is 5.19. The van der Waals surface area contributed by atoms with Gasteiger partial charge in [-0.15, -0.1) is 0 Å². The van der Waals surface area contributed by atoms with Gasteiger partial charge in [0.05, 0.1) is 27.4 Å². The zero-order valence-corrected chi connectivity index (χ0v) is 19.7. The van der Waals surface area contributed by atoms with Crippen molar-refractivity contribution in [1.82, 2.24) is 10.1 Å². The van der Waals surface area contributed by atoms with Gasteiger partial charge in [0.25, 0.3) is 0 Å². The quantitative estimate of drug-likeness (QED) is 0.410. The molecule has 0 saturated heterocycles. The molecular formula is C26H26N4O2S. The summed E-state index contributed by atoms with van der Waals surface area (Å²) in [6, 6.07) is 21.5. The monoisotopic (exact) mass is 458 g/mol. The van der Waals surface area contributed by atoms with Crippen molar-refractivity contribution in [1.29, 1.82) is 5.26 Å². The van der Waals surface area contributed by atoms with Gasteiger partial charge in [-0.05, 0) is 69.4 Å². The minimum Gasteiger partial charge on any atom is -0.356 e. The summed E-state index contributed by atoms with van der Waals surface area (Å²) in [4.78, 5) is 4.70. The summed E-state index contributed by atoms with van der Waals surface area (Å²) >= 11 is 0. The molecule has 0 bridgehead atoms. The number of nitrogens with zero attached hydrogens (tertiary/aromatic N) is 3. The van der Waals surface area contributed by atoms with Gasteiger partial charge in [0.1, 0.15) is 5.69 Å². The highest BCUT2D eigenvalue weighted by Crippen LogP contribution is 2.39. The van der Waals surface area contributed by atoms with Gasteiger partial charge >= 0.3 is 0 Å². The van der Waals surface area contributed by atoms with Gasteiger partial charge < -0.3 is 4.52 Å². The summed E-state index contributed by atoms with van der Waals surface area (Å²) in [6.45, 7) is 5.83. The molecule has 0 aliphatic heterocycles. The zero-order chi connectivity index (χ0) is 23.6. The topological polar surface area (TPSA) is 106 Å². The van der Waals surface area contributed by atoms with Crippen LogP contribution in [0.5, 0.6) is 0 Å². The first-order chi connectivity index (χ1) is 15.8. The SMILES string of the molecule is Cc1cccc(C[C@@H](CC(C)(C)S(N)=O)c2ccccc2-c2noc3cc(C#N)ccc23)n1. The third-order valence-corrected chi connectivity index (χ3v) is 7.20. The predicted molar refractivity (Wildman–Crippen MR) is 131 cm³/mol. The van der Waals surface area contributed by atoms with Gasteiger partial charge in [-0.25, -0.2) is 4.21 Å². The normalized spacial score (nSPS) is 13.5. The van der Waals surface area contributed by atoms with Crippen LogP contribution in [0.2, 0.25) is 0 Å². The first-order valence-electron chi connectivity index (χ1n) is 10.8. The molecule has 2 heterocycles. The van der Waals surface area contributed by atoms with Crippen LogP contribution in [0, 0.1) is 18.3 Å². The van der Waals surface area contributed by atoms with Crippen LogP contribution in [0.25, 0.3) is 22.2 Å². The van der Waals surface area contributed by atoms with Crippen LogP contribution in [0.1, 0.15) is 48.7 Å². The Morgan fingerprint density at radius 3 is 2.67 bits per heavy atom. The van der Waals surface area contributed by atoms with Crippen LogP contribution in [-0.2, 0) is 17.4 Å². The number of benzene rings is 2. The Labute approximate surface area is 196 Å². The molecular weight excluding hydrogens is 432 g/mol. The van der Waals surface area contributed by atoms with Crippen molar-refractivity contribution in [2.24, 2.45) is 5.14 Å². The van der Waals surface area contributed by atoms with E-state index in [-0.39, 0.29) is 5.92 Å². The van der Waals surface area contributed by atoms with Gasteiger partial charge in [-0.3, -0.25) is 10.1 Å². The Morgan fingerprint density at radius 1 is 1.15 bits per heavy atom. The van der Waals surface area contributed by atoms with Crippen molar-refractivity contribution in [3.8, 4) is 17.3 Å². The van der Waals surface area contributed by atoms with Crippen molar-refractivity contribution in [3.63, 3.8) is 0 Å². The first kappa shape index (κ1) is 22.8. The number of nitrogens with two attached hydrogens (primary N) is 1. The smallest absolute Gasteiger partial charge is 0.168 e. The minimum atomic E-state index is -1.49. The maximum absolute atomic E-state index is 12.3. The average Bonchev–Trinajstić information content (AvgIpc) is 3.21. The Kier molecular flexibility index (Phi) is 6.41. The van der Waals surface area contributed by atoms with Crippen molar-refractivity contribution in [2.45, 2.75) is 44.3 Å². The molecule has 0 aliphatic carbocycles. The third-order valence-electron chi connectivity index (χ3n) is 5.94. The molecule has 6 nitrogen and oxygen atoms in total. The van der Waals surface area contributed by atoms with E-state index in [1.54, 1.807) is 12.1 Å². The number of nitriles is 1. The molecule has 2 aromatic carbocycles. The second-order valence-electron chi connectivity index (χ2n) is 8.87. The molecule has 0 fully saturated rings. The molecule has 2 atom stereocenters. The third kappa shape index (κ3) is 4.87. The van der Waals surface area contributed by atoms with Crippen molar-refractivity contribution in [3.05, 3.63) is 83.2 Å². The summed E-state index contributed by atoms with van der Waals surface area (Å²) in [5, 5.41) is 20.2. The van der Waals surface area contributed by atoms with E-state index >= 15 is 0 Å². The van der Waals surface area contributed by atoms with E-state index in [9.17, 15) is 9.47 Å². The molecule has 2 N–H and O–H groups in total. The highest BCUT2D eigenvalue weighted by atomic mass is 32.2. The molecule has 1 unspecified atom stereocenters. The number of rotatable bonds is 7. The second-order valence-corrected chi connectivity index (χ2v) is 10.6. The van der Waals surface area contributed by atoms with Crippen LogP contribution in [0.4, 0.5) is 0 Å². The Bertz CT molecular complexity index is 1370. The molecule has 0 radical (unpaired) electrons. The Morgan fingerprint density at radius 2 is 1.94 bits per heavy atom. The Hall–Kier alpha value is -3.34. The van der Waals surface area contributed by atoms with E-state index in [0.29, 0.717) is 24.0 Å². The van der Waals surface area contributed by atoms with Crippen molar-refractivity contribution < 1.29 is 8.73 Å². The fourth-order valence-corrected chi connectivity index (χ4v) is 4.57. The zero-order valence-electron chi connectivity index (χ0n) is 18.9. The summed E-state index contributed by atoms with van der Waals surface area (Å²) < 4.78 is 17.3. The van der Waals surface area contributed by atoms with Gasteiger partial charge in [-0.2, -0.15) is 5.26 Å². The molecule has 33 heavy (non-hydrogen) atoms. The van der Waals surface area contributed by atoms with Gasteiger partial charge in [-0.1, -0.05) is 35.5 Å². The molecule has 4 aromatic rings. The summed E-state index contributed by atoms with van der Waals surface area (Å²) in [5.41, 5.74) is 5.75. The number of fused-ring (bicyclic) bond motifs is 1. The minimum absolute atomic E-state index is 0.00290. The van der Waals surface area contributed by atoms with E-state index < -0.39 is 15.7 Å². The van der Waals surface area contributed by atoms with E-state index in [4.69, 9.17) is 14.6 Å². The van der Waals surface area contributed by atoms with Gasteiger partial charge in [0.2, 0.25) is 0 Å². The fourth-order valence-electron chi connectivity index (χ4n) is 4.20. The van der Waals surface area contributed by atoms with E-state index in [1.165, 1.54) is 0 Å². The molecule has 0 aliphatic rings. The van der Waals surface area contributed by atoms with Crippen LogP contribution >= 0.6 is 0 Å². The fraction of sp³-hybridized carbons (Fsp3) is 0.269. The van der Waals surface area contributed by atoms with Crippen LogP contribution < -0.4 is 5.14 Å². The summed E-state index contributed by atoms with van der Waals surface area (Å²) in [6.07, 6.45) is 1.28. The van der Waals surface area contributed by atoms with Crippen molar-refractivity contribution >= 4 is 22.0 Å². The van der Waals surface area contributed by atoms with Crippen LogP contribution in [0.15, 0.2) is 65.2 Å². The second kappa shape index (κ2) is 9.26. The summed E-state index contributed by atoms with van der Waals surface area (Å²) in [5.74, 6) is 0.00290. The average molecular weight is 459 g/mol. The molecule has 0 saturated carbocycles. The molecule has 7 heteroatoms. The largest absolute Gasteiger partial charge is 0.356 e. The maximum Gasteiger partial charge on any atom is 0.168 e. The highest BCUT2D eigenvalue weighted by molar-refractivity contribution is 7.84. The van der Waals surface area contributed by atoms with E-state index in [1.807, 2.05) is 63.2 Å². The number of hydrogen-bond acceptors (Lipinski definition) is 5. The van der Waals surface area contributed by atoms with Crippen LogP contribution in [0.3, 0.4) is 0 Å². The van der Waals surface area contributed by atoms with E-state index in [2.05, 4.69) is 17.3 Å². The standard InChI is InChI=1S/C26H26N4O2S/c1-17-7-6-8-20(29-17)14-19(15-26(2,3)33(28)31)21-9-4-5-10-22(21)25-23-12-11-18(16-27)13-24(23)32-30-25/h4-13,19H,14-15,28H2,1-3H3/t19-,33?/m0/s1. The molecule has 0 spiro atoms. The molecule has 2 aromatic heterocycles. The lowest BCUT2D eigenvalue weighted by Gasteiger charge is -2.29. The van der Waals surface area contributed by atoms with Gasteiger partial charge in [0.15, 0.2) is 5.58 Å². The maximum atomic E-state index is 12.3. The number of aryl methyl sites for hydroxylation is 1. The van der Waals surface area contributed by atoms with Crippen LogP contribution in [-0.4, -0.2) is 19.1 Å². The lowest BCUT2D eigenvalue weighted by Crippen LogP contribution is -2.34. The molecule has 4 rings (SSSR count). The lowest BCUT2D eigenvalue weighted by molar-refractivity contribution is 0.459.